The lowest BCUT2D eigenvalue weighted by Gasteiger charge is -2.16. The van der Waals surface area contributed by atoms with E-state index >= 15 is 0 Å². The molecular formula is C16H17ClN6O2. The number of tetrazole rings is 1. The second-order valence-corrected chi connectivity index (χ2v) is 5.52. The molecule has 0 fully saturated rings. The van der Waals surface area contributed by atoms with Crippen LogP contribution in [0.4, 0.5) is 5.95 Å². The van der Waals surface area contributed by atoms with Crippen molar-refractivity contribution in [2.75, 3.05) is 18.3 Å². The third kappa shape index (κ3) is 3.92. The molecule has 0 unspecified atom stereocenters. The molecule has 3 rings (SSSR count). The number of anilines is 1. The number of aromatic nitrogens is 4. The molecule has 0 bridgehead atoms. The van der Waals surface area contributed by atoms with E-state index in [0.717, 1.165) is 11.1 Å². The van der Waals surface area contributed by atoms with Crippen LogP contribution in [0.25, 0.3) is 0 Å². The number of ether oxygens (including phenoxy) is 2. The lowest BCUT2D eigenvalue weighted by atomic mass is 10.2. The molecule has 1 heterocycles. The van der Waals surface area contributed by atoms with Crippen LogP contribution >= 0.6 is 11.6 Å². The Morgan fingerprint density at radius 1 is 1.16 bits per heavy atom. The summed E-state index contributed by atoms with van der Waals surface area (Å²) in [6.45, 7) is 0.713. The van der Waals surface area contributed by atoms with Crippen molar-refractivity contribution in [2.45, 2.75) is 13.2 Å². The summed E-state index contributed by atoms with van der Waals surface area (Å²) in [4.78, 5) is 1.29. The van der Waals surface area contributed by atoms with Crippen molar-refractivity contribution in [2.24, 2.45) is 0 Å². The highest BCUT2D eigenvalue weighted by Gasteiger charge is 2.12. The van der Waals surface area contributed by atoms with Gasteiger partial charge in [0.15, 0.2) is 11.5 Å². The van der Waals surface area contributed by atoms with Gasteiger partial charge in [-0.3, -0.25) is 0 Å². The highest BCUT2D eigenvalue weighted by molar-refractivity contribution is 6.31. The van der Waals surface area contributed by atoms with E-state index in [2.05, 4.69) is 21.0 Å². The quantitative estimate of drug-likeness (QED) is 0.666. The Kier molecular flexibility index (Phi) is 5.20. The predicted octanol–water partition coefficient (Wildman–Crippen LogP) is 2.24. The minimum Gasteiger partial charge on any atom is -0.493 e. The maximum absolute atomic E-state index is 6.19. The zero-order valence-electron chi connectivity index (χ0n) is 13.5. The fourth-order valence-electron chi connectivity index (χ4n) is 2.26. The van der Waals surface area contributed by atoms with Crippen molar-refractivity contribution >= 4 is 17.5 Å². The first-order valence-corrected chi connectivity index (χ1v) is 7.86. The molecule has 25 heavy (non-hydrogen) atoms. The molecule has 0 aliphatic rings. The fraction of sp³-hybridized carbons (Fsp3) is 0.188. The number of nitrogens with two attached hydrogens (primary N) is 1. The Morgan fingerprint density at radius 2 is 1.96 bits per heavy atom. The van der Waals surface area contributed by atoms with Crippen molar-refractivity contribution in [1.29, 1.82) is 0 Å². The van der Waals surface area contributed by atoms with Gasteiger partial charge in [-0.1, -0.05) is 47.0 Å². The van der Waals surface area contributed by atoms with Gasteiger partial charge in [-0.05, 0) is 22.6 Å². The van der Waals surface area contributed by atoms with E-state index in [-0.39, 0.29) is 5.95 Å². The van der Waals surface area contributed by atoms with Gasteiger partial charge >= 0.3 is 0 Å². The topological polar surface area (TPSA) is 100 Å². The number of nitrogens with one attached hydrogen (secondary N) is 1. The van der Waals surface area contributed by atoms with Crippen LogP contribution in [0.5, 0.6) is 11.5 Å². The van der Waals surface area contributed by atoms with E-state index in [9.17, 15) is 0 Å². The molecule has 0 spiro atoms. The second-order valence-electron chi connectivity index (χ2n) is 5.11. The summed E-state index contributed by atoms with van der Waals surface area (Å²) >= 11 is 6.19. The molecule has 0 amide bonds. The maximum atomic E-state index is 6.19. The highest BCUT2D eigenvalue weighted by Crippen LogP contribution is 2.32. The first-order chi connectivity index (χ1) is 12.2. The molecule has 0 atom stereocenters. The van der Waals surface area contributed by atoms with Crippen LogP contribution < -0.4 is 20.6 Å². The van der Waals surface area contributed by atoms with Crippen molar-refractivity contribution < 1.29 is 9.47 Å². The van der Waals surface area contributed by atoms with Crippen LogP contribution in [-0.2, 0) is 13.2 Å². The minimum absolute atomic E-state index is 0.168. The smallest absolute Gasteiger partial charge is 0.260 e. The third-order valence-electron chi connectivity index (χ3n) is 3.52. The van der Waals surface area contributed by atoms with E-state index in [1.165, 1.54) is 4.79 Å². The third-order valence-corrected chi connectivity index (χ3v) is 3.89. The number of hydrogen-bond acceptors (Lipinski definition) is 7. The molecule has 0 saturated carbocycles. The van der Waals surface area contributed by atoms with Crippen molar-refractivity contribution in [1.82, 2.24) is 20.3 Å². The van der Waals surface area contributed by atoms with Crippen LogP contribution in [-0.4, -0.2) is 27.4 Å². The minimum atomic E-state index is 0.168. The number of benzene rings is 2. The number of hydrogen-bond donors (Lipinski definition) is 2. The van der Waals surface area contributed by atoms with Gasteiger partial charge in [-0.15, -0.1) is 4.79 Å². The fourth-order valence-corrected chi connectivity index (χ4v) is 2.45. The van der Waals surface area contributed by atoms with E-state index < -0.39 is 0 Å². The van der Waals surface area contributed by atoms with Gasteiger partial charge in [-0.2, -0.15) is 0 Å². The molecule has 8 nitrogen and oxygen atoms in total. The van der Waals surface area contributed by atoms with E-state index in [0.29, 0.717) is 29.7 Å². The van der Waals surface area contributed by atoms with E-state index in [4.69, 9.17) is 26.8 Å². The summed E-state index contributed by atoms with van der Waals surface area (Å²) in [6.07, 6.45) is 0. The Labute approximate surface area is 149 Å². The summed E-state index contributed by atoms with van der Waals surface area (Å²) < 4.78 is 11.4. The summed E-state index contributed by atoms with van der Waals surface area (Å²) in [7, 11) is 1.59. The normalized spacial score (nSPS) is 10.5. The van der Waals surface area contributed by atoms with Crippen molar-refractivity contribution in [3.05, 3.63) is 58.6 Å². The number of nitrogen functional groups attached to an aromatic ring is 1. The number of rotatable bonds is 7. The average Bonchev–Trinajstić information content (AvgIpc) is 3.04. The second kappa shape index (κ2) is 7.71. The van der Waals surface area contributed by atoms with Gasteiger partial charge in [0.25, 0.3) is 5.95 Å². The molecule has 1 aromatic heterocycles. The number of nitrogens with zero attached hydrogens (tertiary/aromatic N) is 4. The maximum Gasteiger partial charge on any atom is 0.260 e. The molecule has 3 aromatic rings. The molecule has 0 saturated heterocycles. The van der Waals surface area contributed by atoms with Crippen molar-refractivity contribution in [3.63, 3.8) is 0 Å². The van der Waals surface area contributed by atoms with Gasteiger partial charge in [0.1, 0.15) is 6.61 Å². The summed E-state index contributed by atoms with van der Waals surface area (Å²) in [5.41, 5.74) is 10.4. The Balaban J connectivity index is 1.79. The standard InChI is InChI=1S/C16H17ClN6O2/c1-24-14-8-4-6-11(9-19-23-16(18)20-21-22-23)15(14)25-10-12-5-2-3-7-13(12)17/h2-8,19H,9-10H2,1H3,(H2,18,20,22). The average molecular weight is 361 g/mol. The molecule has 2 aromatic carbocycles. The van der Waals surface area contributed by atoms with E-state index in [1.54, 1.807) is 7.11 Å². The molecule has 130 valence electrons. The zero-order valence-corrected chi connectivity index (χ0v) is 14.3. The van der Waals surface area contributed by atoms with Gasteiger partial charge in [0, 0.05) is 16.1 Å². The Morgan fingerprint density at radius 3 is 2.68 bits per heavy atom. The van der Waals surface area contributed by atoms with Crippen molar-refractivity contribution in [3.8, 4) is 11.5 Å². The van der Waals surface area contributed by atoms with Gasteiger partial charge in [0.05, 0.1) is 13.7 Å². The van der Waals surface area contributed by atoms with Gasteiger partial charge in [-0.25, -0.2) is 0 Å². The van der Waals surface area contributed by atoms with Crippen LogP contribution in [0.3, 0.4) is 0 Å². The number of methoxy groups -OCH3 is 1. The predicted molar refractivity (Wildman–Crippen MR) is 94.1 cm³/mol. The lowest BCUT2D eigenvalue weighted by Crippen LogP contribution is -2.19. The van der Waals surface area contributed by atoms with Crippen LogP contribution in [0, 0.1) is 0 Å². The molecule has 3 N–H and O–H groups in total. The highest BCUT2D eigenvalue weighted by atomic mass is 35.5. The first-order valence-electron chi connectivity index (χ1n) is 7.49. The van der Waals surface area contributed by atoms with E-state index in [1.807, 2.05) is 42.5 Å². The van der Waals surface area contributed by atoms with Crippen LogP contribution in [0.1, 0.15) is 11.1 Å². The lowest BCUT2D eigenvalue weighted by molar-refractivity contribution is 0.281. The summed E-state index contributed by atoms with van der Waals surface area (Å²) in [5.74, 6) is 1.40. The van der Waals surface area contributed by atoms with Gasteiger partial charge < -0.3 is 20.6 Å². The van der Waals surface area contributed by atoms with Crippen LogP contribution in [0.2, 0.25) is 5.02 Å². The van der Waals surface area contributed by atoms with Gasteiger partial charge in [0.2, 0.25) is 0 Å². The molecule has 9 heteroatoms. The SMILES string of the molecule is COc1cccc(CNn2nnnc2N)c1OCc1ccccc1Cl. The summed E-state index contributed by atoms with van der Waals surface area (Å²) in [6, 6.07) is 13.1. The molecule has 0 radical (unpaired) electrons. The van der Waals surface area contributed by atoms with Crippen LogP contribution in [0.15, 0.2) is 42.5 Å². The Hall–Kier alpha value is -3.00. The monoisotopic (exact) mass is 360 g/mol. The summed E-state index contributed by atoms with van der Waals surface area (Å²) in [5, 5.41) is 11.5. The molecule has 0 aliphatic heterocycles. The number of halogens is 1. The Bertz CT molecular complexity index is 854. The number of para-hydroxylation sites is 1. The first kappa shape index (κ1) is 16.8. The molecular weight excluding hydrogens is 344 g/mol. The molecule has 0 aliphatic carbocycles. The zero-order chi connectivity index (χ0) is 17.6. The largest absolute Gasteiger partial charge is 0.493 e.